The second-order valence-corrected chi connectivity index (χ2v) is 17.2. The number of halogens is 1. The maximum absolute atomic E-state index is 14.7. The lowest BCUT2D eigenvalue weighted by Crippen LogP contribution is -2.59. The Hall–Kier alpha value is -3.92. The quantitative estimate of drug-likeness (QED) is 0.165. The summed E-state index contributed by atoms with van der Waals surface area (Å²) in [5.74, 6) is 0.425. The molecule has 3 aliphatic carbocycles. The van der Waals surface area contributed by atoms with Crippen molar-refractivity contribution in [3.05, 3.63) is 28.9 Å². The molecule has 0 radical (unpaired) electrons. The predicted octanol–water partition coefficient (Wildman–Crippen LogP) is 4.82. The SMILES string of the molecule is CC[C@@H]1C[C@]1(NC(=O)[C@@H]1C[C@@H](Oc2cc(CCOC)nc3c(Cl)c(OCC(OC)OC)ccc23)CN1C(=O)[C@@H](NC(=O)O[C@@H]1C[C@@H]2C[C@@H]2C1)C(C)(C)C)C(=O)OC. The molecular formula is C41H57ClN4O11. The van der Waals surface area contributed by atoms with E-state index in [2.05, 4.69) is 10.6 Å². The van der Waals surface area contributed by atoms with Crippen LogP contribution in [0.1, 0.15) is 71.9 Å². The smallest absolute Gasteiger partial charge is 0.408 e. The first-order chi connectivity index (χ1) is 27.2. The van der Waals surface area contributed by atoms with Crippen LogP contribution in [0.15, 0.2) is 18.2 Å². The number of aromatic nitrogens is 1. The number of methoxy groups -OCH3 is 4. The molecule has 1 aromatic carbocycles. The van der Waals surface area contributed by atoms with Gasteiger partial charge in [0.25, 0.3) is 0 Å². The molecule has 1 saturated heterocycles. The molecule has 16 heteroatoms. The lowest BCUT2D eigenvalue weighted by atomic mass is 9.85. The molecule has 0 spiro atoms. The molecule has 314 valence electrons. The van der Waals surface area contributed by atoms with Crippen molar-refractivity contribution in [2.24, 2.45) is 23.2 Å². The summed E-state index contributed by atoms with van der Waals surface area (Å²) in [5.41, 5.74) is -0.869. The van der Waals surface area contributed by atoms with Crippen LogP contribution < -0.4 is 20.1 Å². The molecule has 1 aromatic heterocycles. The first-order valence-corrected chi connectivity index (χ1v) is 20.2. The van der Waals surface area contributed by atoms with Gasteiger partial charge in [-0.25, -0.2) is 9.59 Å². The Morgan fingerprint density at radius 1 is 1.00 bits per heavy atom. The summed E-state index contributed by atoms with van der Waals surface area (Å²) in [6, 6.07) is 3.22. The van der Waals surface area contributed by atoms with Crippen LogP contribution in [0.4, 0.5) is 4.79 Å². The minimum absolute atomic E-state index is 0.0101. The monoisotopic (exact) mass is 816 g/mol. The van der Waals surface area contributed by atoms with Gasteiger partial charge >= 0.3 is 12.1 Å². The van der Waals surface area contributed by atoms with Crippen molar-refractivity contribution < 1.29 is 52.3 Å². The lowest BCUT2D eigenvalue weighted by molar-refractivity contribution is -0.148. The number of pyridine rings is 1. The number of rotatable bonds is 17. The van der Waals surface area contributed by atoms with Gasteiger partial charge in [-0.05, 0) is 61.0 Å². The molecular weight excluding hydrogens is 760 g/mol. The van der Waals surface area contributed by atoms with Gasteiger partial charge in [0.05, 0.1) is 25.8 Å². The second kappa shape index (κ2) is 17.5. The number of ether oxygens (including phenoxy) is 7. The largest absolute Gasteiger partial charge is 0.488 e. The van der Waals surface area contributed by atoms with Crippen molar-refractivity contribution in [3.8, 4) is 11.5 Å². The fourth-order valence-corrected chi connectivity index (χ4v) is 8.64. The average molecular weight is 817 g/mol. The molecule has 8 atom stereocenters. The second-order valence-electron chi connectivity index (χ2n) is 16.8. The fraction of sp³-hybridized carbons (Fsp3) is 0.683. The Bertz CT molecular complexity index is 1810. The summed E-state index contributed by atoms with van der Waals surface area (Å²) >= 11 is 6.90. The number of esters is 1. The summed E-state index contributed by atoms with van der Waals surface area (Å²) < 4.78 is 39.4. The van der Waals surface area contributed by atoms with Gasteiger partial charge in [-0.1, -0.05) is 45.7 Å². The predicted molar refractivity (Wildman–Crippen MR) is 209 cm³/mol. The van der Waals surface area contributed by atoms with Gasteiger partial charge in [0.1, 0.15) is 53.0 Å². The molecule has 0 bridgehead atoms. The minimum atomic E-state index is -1.18. The fourth-order valence-electron chi connectivity index (χ4n) is 8.38. The van der Waals surface area contributed by atoms with Crippen LogP contribution in [-0.4, -0.2) is 118 Å². The number of nitrogens with one attached hydrogen (secondary N) is 2. The number of hydrogen-bond donors (Lipinski definition) is 2. The van der Waals surface area contributed by atoms with Crippen molar-refractivity contribution >= 4 is 46.4 Å². The van der Waals surface area contributed by atoms with Crippen LogP contribution in [0.2, 0.25) is 5.02 Å². The summed E-state index contributed by atoms with van der Waals surface area (Å²) in [6.07, 6.45) is 2.34. The van der Waals surface area contributed by atoms with E-state index < -0.39 is 59.3 Å². The zero-order valence-electron chi connectivity index (χ0n) is 34.2. The maximum Gasteiger partial charge on any atom is 0.408 e. The van der Waals surface area contributed by atoms with Crippen LogP contribution >= 0.6 is 11.6 Å². The molecule has 0 unspecified atom stereocenters. The van der Waals surface area contributed by atoms with Crippen LogP contribution in [-0.2, 0) is 44.5 Å². The minimum Gasteiger partial charge on any atom is -0.488 e. The Kier molecular flexibility index (Phi) is 13.1. The molecule has 3 saturated carbocycles. The molecule has 57 heavy (non-hydrogen) atoms. The first kappa shape index (κ1) is 42.7. The number of carbonyl (C=O) groups is 4. The Morgan fingerprint density at radius 3 is 2.33 bits per heavy atom. The van der Waals surface area contributed by atoms with E-state index >= 15 is 0 Å². The Balaban J connectivity index is 1.29. The molecule has 4 aliphatic rings. The zero-order chi connectivity index (χ0) is 41.2. The van der Waals surface area contributed by atoms with Gasteiger partial charge in [-0.15, -0.1) is 0 Å². The molecule has 4 fully saturated rings. The third kappa shape index (κ3) is 9.37. The van der Waals surface area contributed by atoms with Crippen molar-refractivity contribution in [3.63, 3.8) is 0 Å². The van der Waals surface area contributed by atoms with Gasteiger partial charge in [-0.3, -0.25) is 14.6 Å². The number of likely N-dealkylation sites (tertiary alicyclic amines) is 1. The zero-order valence-corrected chi connectivity index (χ0v) is 34.9. The van der Waals surface area contributed by atoms with Gasteiger partial charge in [0.15, 0.2) is 6.29 Å². The highest BCUT2D eigenvalue weighted by atomic mass is 35.5. The standard InChI is InChI=1S/C41H57ClN4O11/c1-9-24-19-41(24,38(49)54-8)45-36(47)29-18-27(20-46(29)37(48)35(40(2,3)4)44-39(50)57-26-15-22-14-23(22)16-26)56-31-17-25(12-13-51-5)43-34-28(31)10-11-30(33(34)42)55-21-32(52-6)53-7/h10-11,17,22-24,26-27,29,32,35H,9,12-16,18-21H2,1-8H3,(H,44,50)(H,45,47)/t22-,23+,24-,26+,27-,29+,35-,41-/m1/s1. The normalized spacial score (nSPS) is 26.8. The van der Waals surface area contributed by atoms with E-state index in [1.807, 2.05) is 27.7 Å². The Labute approximate surface area is 339 Å². The highest BCUT2D eigenvalue weighted by molar-refractivity contribution is 6.36. The maximum atomic E-state index is 14.7. The number of nitrogens with zero attached hydrogens (tertiary/aromatic N) is 2. The van der Waals surface area contributed by atoms with Crippen LogP contribution in [0.3, 0.4) is 0 Å². The number of fused-ring (bicyclic) bond motifs is 2. The average Bonchev–Trinajstić information content (AvgIpc) is 3.99. The Morgan fingerprint density at radius 2 is 1.72 bits per heavy atom. The van der Waals surface area contributed by atoms with Crippen LogP contribution in [0.5, 0.6) is 11.5 Å². The molecule has 2 heterocycles. The first-order valence-electron chi connectivity index (χ1n) is 19.8. The van der Waals surface area contributed by atoms with Gasteiger partial charge < -0.3 is 48.7 Å². The number of carbonyl (C=O) groups excluding carboxylic acids is 4. The van der Waals surface area contributed by atoms with Crippen molar-refractivity contribution in [2.75, 3.05) is 48.2 Å². The lowest BCUT2D eigenvalue weighted by Gasteiger charge is -2.35. The van der Waals surface area contributed by atoms with E-state index in [4.69, 9.17) is 49.7 Å². The van der Waals surface area contributed by atoms with E-state index in [0.717, 1.165) is 12.8 Å². The summed E-state index contributed by atoms with van der Waals surface area (Å²) in [7, 11) is 5.91. The summed E-state index contributed by atoms with van der Waals surface area (Å²) in [4.78, 5) is 61.6. The van der Waals surface area contributed by atoms with E-state index in [-0.39, 0.29) is 36.6 Å². The van der Waals surface area contributed by atoms with Crippen LogP contribution in [0.25, 0.3) is 10.9 Å². The van der Waals surface area contributed by atoms with Gasteiger partial charge in [0, 0.05) is 51.3 Å². The molecule has 15 nitrogen and oxygen atoms in total. The van der Waals surface area contributed by atoms with Crippen LogP contribution in [0, 0.1) is 23.2 Å². The number of alkyl carbamates (subject to hydrolysis) is 1. The van der Waals surface area contributed by atoms with E-state index in [1.54, 1.807) is 25.3 Å². The van der Waals surface area contributed by atoms with E-state index in [9.17, 15) is 19.2 Å². The highest BCUT2D eigenvalue weighted by Gasteiger charge is 2.62. The van der Waals surface area contributed by atoms with E-state index in [1.165, 1.54) is 32.7 Å². The third-order valence-electron chi connectivity index (χ3n) is 11.8. The van der Waals surface area contributed by atoms with Gasteiger partial charge in [0.2, 0.25) is 11.8 Å². The third-order valence-corrected chi connectivity index (χ3v) is 12.2. The van der Waals surface area contributed by atoms with Crippen molar-refractivity contribution in [2.45, 2.75) is 109 Å². The van der Waals surface area contributed by atoms with Crippen molar-refractivity contribution in [1.29, 1.82) is 0 Å². The summed E-state index contributed by atoms with van der Waals surface area (Å²) in [5, 5.41) is 6.65. The topological polar surface area (TPSA) is 173 Å². The molecule has 6 rings (SSSR count). The summed E-state index contributed by atoms with van der Waals surface area (Å²) in [6.45, 7) is 7.96. The highest BCUT2D eigenvalue weighted by Crippen LogP contribution is 2.52. The molecule has 2 aromatic rings. The number of hydrogen-bond acceptors (Lipinski definition) is 12. The number of amides is 3. The van der Waals surface area contributed by atoms with Gasteiger partial charge in [-0.2, -0.15) is 0 Å². The molecule has 1 aliphatic heterocycles. The van der Waals surface area contributed by atoms with E-state index in [0.29, 0.717) is 65.8 Å². The molecule has 2 N–H and O–H groups in total. The van der Waals surface area contributed by atoms with Crippen molar-refractivity contribution in [1.82, 2.24) is 20.5 Å². The number of benzene rings is 1. The molecule has 3 amide bonds.